The van der Waals surface area contributed by atoms with E-state index in [1.807, 2.05) is 0 Å². The first-order chi connectivity index (χ1) is 7.95. The number of hydrogen-bond acceptors (Lipinski definition) is 0. The van der Waals surface area contributed by atoms with Crippen molar-refractivity contribution in [1.29, 1.82) is 0 Å². The largest absolute Gasteiger partial charge is 0.0533 e. The molecule has 2 unspecified atom stereocenters. The lowest BCUT2D eigenvalue weighted by atomic mass is 9.94. The van der Waals surface area contributed by atoms with E-state index in [4.69, 9.17) is 0 Å². The lowest BCUT2D eigenvalue weighted by Crippen LogP contribution is -1.98. The first kappa shape index (κ1) is 12.5. The Kier molecular flexibility index (Phi) is 5.72. The van der Waals surface area contributed by atoms with Gasteiger partial charge in [-0.1, -0.05) is 83.5 Å². The monoisotopic (exact) mass is 222 g/mol. The smallest absolute Gasteiger partial charge is 0.0412 e. The summed E-state index contributed by atoms with van der Waals surface area (Å²) in [6, 6.07) is 0. The van der Waals surface area contributed by atoms with E-state index in [0.717, 1.165) is 11.8 Å². The van der Waals surface area contributed by atoms with E-state index in [0.29, 0.717) is 0 Å². The third-order valence-corrected chi connectivity index (χ3v) is 4.87. The molecule has 0 amide bonds. The van der Waals surface area contributed by atoms with Gasteiger partial charge in [-0.2, -0.15) is 0 Å². The summed E-state index contributed by atoms with van der Waals surface area (Å²) in [6.07, 6.45) is 21.4. The third kappa shape index (κ3) is 4.47. The van der Waals surface area contributed by atoms with Crippen molar-refractivity contribution >= 4 is 0 Å². The fourth-order valence-electron chi connectivity index (χ4n) is 3.81. The van der Waals surface area contributed by atoms with Crippen molar-refractivity contribution in [3.63, 3.8) is 0 Å². The first-order valence-electron chi connectivity index (χ1n) is 7.95. The lowest BCUT2D eigenvalue weighted by Gasteiger charge is -2.12. The Hall–Kier alpha value is 0. The summed E-state index contributed by atoms with van der Waals surface area (Å²) in [5.41, 5.74) is 0. The standard InChI is InChI=1S/C16H30/c1-2-4-6-8-10-15-12-13-16(14-15)11-9-7-5-3-1/h15-16H,1-14H2. The van der Waals surface area contributed by atoms with Crippen molar-refractivity contribution in [3.8, 4) is 0 Å². The van der Waals surface area contributed by atoms with E-state index < -0.39 is 0 Å². The highest BCUT2D eigenvalue weighted by Gasteiger charge is 2.23. The minimum atomic E-state index is 1.12. The quantitative estimate of drug-likeness (QED) is 0.492. The fourth-order valence-corrected chi connectivity index (χ4v) is 3.81. The minimum absolute atomic E-state index is 1.12. The van der Waals surface area contributed by atoms with Crippen molar-refractivity contribution in [2.45, 2.75) is 89.9 Å². The van der Waals surface area contributed by atoms with Crippen LogP contribution < -0.4 is 0 Å². The number of fused-ring (bicyclic) bond motifs is 2. The van der Waals surface area contributed by atoms with Crippen molar-refractivity contribution < 1.29 is 0 Å². The fraction of sp³-hybridized carbons (Fsp3) is 1.00. The van der Waals surface area contributed by atoms with E-state index in [1.165, 1.54) is 57.8 Å². The molecule has 0 aromatic rings. The maximum atomic E-state index is 1.58. The summed E-state index contributed by atoms with van der Waals surface area (Å²) in [5, 5.41) is 0. The van der Waals surface area contributed by atoms with E-state index in [9.17, 15) is 0 Å². The van der Waals surface area contributed by atoms with Gasteiger partial charge >= 0.3 is 0 Å². The van der Waals surface area contributed by atoms with Crippen LogP contribution in [0.5, 0.6) is 0 Å². The highest BCUT2D eigenvalue weighted by atomic mass is 14.3. The SMILES string of the molecule is C1CCCCCC2CCC(CCCCC1)C2. The van der Waals surface area contributed by atoms with Crippen LogP contribution in [-0.4, -0.2) is 0 Å². The Bertz CT molecular complexity index is 155. The molecule has 2 aliphatic rings. The van der Waals surface area contributed by atoms with E-state index in [-0.39, 0.29) is 0 Å². The summed E-state index contributed by atoms with van der Waals surface area (Å²) in [5.74, 6) is 2.24. The maximum absolute atomic E-state index is 1.58. The summed E-state index contributed by atoms with van der Waals surface area (Å²) in [4.78, 5) is 0. The molecule has 0 heterocycles. The molecule has 16 heavy (non-hydrogen) atoms. The number of hydrogen-bond donors (Lipinski definition) is 0. The van der Waals surface area contributed by atoms with Gasteiger partial charge in [-0.3, -0.25) is 0 Å². The molecular weight excluding hydrogens is 192 g/mol. The average Bonchev–Trinajstić information content (AvgIpc) is 2.73. The maximum Gasteiger partial charge on any atom is -0.0412 e. The molecule has 0 aliphatic heterocycles. The molecule has 0 N–H and O–H groups in total. The van der Waals surface area contributed by atoms with Crippen molar-refractivity contribution in [1.82, 2.24) is 0 Å². The predicted molar refractivity (Wildman–Crippen MR) is 71.6 cm³/mol. The Labute approximate surface area is 102 Å². The Morgan fingerprint density at radius 3 is 1.19 bits per heavy atom. The lowest BCUT2D eigenvalue weighted by molar-refractivity contribution is 0.408. The second-order valence-electron chi connectivity index (χ2n) is 6.30. The Balaban J connectivity index is 1.70. The van der Waals surface area contributed by atoms with Crippen LogP contribution in [0.2, 0.25) is 0 Å². The normalized spacial score (nSPS) is 34.5. The van der Waals surface area contributed by atoms with Gasteiger partial charge in [0.25, 0.3) is 0 Å². The summed E-state index contributed by atoms with van der Waals surface area (Å²) >= 11 is 0. The van der Waals surface area contributed by atoms with Crippen LogP contribution in [0, 0.1) is 11.8 Å². The molecule has 94 valence electrons. The molecule has 0 saturated heterocycles. The van der Waals surface area contributed by atoms with Gasteiger partial charge in [0.1, 0.15) is 0 Å². The number of rotatable bonds is 0. The van der Waals surface area contributed by atoms with Crippen molar-refractivity contribution in [2.75, 3.05) is 0 Å². The zero-order valence-electron chi connectivity index (χ0n) is 11.1. The second-order valence-corrected chi connectivity index (χ2v) is 6.30. The van der Waals surface area contributed by atoms with Crippen LogP contribution in [-0.2, 0) is 0 Å². The van der Waals surface area contributed by atoms with Crippen molar-refractivity contribution in [2.24, 2.45) is 11.8 Å². The molecular formula is C16H30. The topological polar surface area (TPSA) is 0 Å². The Morgan fingerprint density at radius 1 is 0.375 bits per heavy atom. The highest BCUT2D eigenvalue weighted by molar-refractivity contribution is 4.75. The zero-order valence-corrected chi connectivity index (χ0v) is 11.1. The van der Waals surface area contributed by atoms with Gasteiger partial charge in [0, 0.05) is 0 Å². The highest BCUT2D eigenvalue weighted by Crippen LogP contribution is 2.37. The molecule has 2 atom stereocenters. The van der Waals surface area contributed by atoms with E-state index in [1.54, 1.807) is 32.1 Å². The Morgan fingerprint density at radius 2 is 0.750 bits per heavy atom. The molecule has 2 bridgehead atoms. The van der Waals surface area contributed by atoms with Gasteiger partial charge < -0.3 is 0 Å². The molecule has 0 aromatic heterocycles. The minimum Gasteiger partial charge on any atom is -0.0533 e. The molecule has 0 heteroatoms. The predicted octanol–water partition coefficient (Wildman–Crippen LogP) is 5.71. The molecule has 2 aliphatic carbocycles. The molecule has 2 fully saturated rings. The second kappa shape index (κ2) is 7.35. The third-order valence-electron chi connectivity index (χ3n) is 4.87. The van der Waals surface area contributed by atoms with Crippen LogP contribution in [0.3, 0.4) is 0 Å². The van der Waals surface area contributed by atoms with Gasteiger partial charge in [0.15, 0.2) is 0 Å². The summed E-state index contributed by atoms with van der Waals surface area (Å²) in [6.45, 7) is 0. The van der Waals surface area contributed by atoms with Crippen LogP contribution in [0.4, 0.5) is 0 Å². The first-order valence-corrected chi connectivity index (χ1v) is 7.95. The zero-order chi connectivity index (χ0) is 11.1. The van der Waals surface area contributed by atoms with Gasteiger partial charge in [0.05, 0.1) is 0 Å². The molecule has 0 nitrogen and oxygen atoms in total. The van der Waals surface area contributed by atoms with Crippen LogP contribution >= 0.6 is 0 Å². The van der Waals surface area contributed by atoms with Crippen LogP contribution in [0.25, 0.3) is 0 Å². The molecule has 0 radical (unpaired) electrons. The van der Waals surface area contributed by atoms with E-state index >= 15 is 0 Å². The van der Waals surface area contributed by atoms with Crippen LogP contribution in [0.1, 0.15) is 89.9 Å². The average molecular weight is 222 g/mol. The summed E-state index contributed by atoms with van der Waals surface area (Å²) in [7, 11) is 0. The van der Waals surface area contributed by atoms with E-state index in [2.05, 4.69) is 0 Å². The summed E-state index contributed by atoms with van der Waals surface area (Å²) < 4.78 is 0. The van der Waals surface area contributed by atoms with Gasteiger partial charge in [-0.05, 0) is 18.3 Å². The van der Waals surface area contributed by atoms with Crippen LogP contribution in [0.15, 0.2) is 0 Å². The van der Waals surface area contributed by atoms with Gasteiger partial charge in [0.2, 0.25) is 0 Å². The molecule has 0 spiro atoms. The molecule has 0 aromatic carbocycles. The van der Waals surface area contributed by atoms with Gasteiger partial charge in [-0.25, -0.2) is 0 Å². The van der Waals surface area contributed by atoms with Crippen molar-refractivity contribution in [3.05, 3.63) is 0 Å². The molecule has 2 saturated carbocycles. The molecule has 2 rings (SSSR count). The van der Waals surface area contributed by atoms with Gasteiger partial charge in [-0.15, -0.1) is 0 Å².